The van der Waals surface area contributed by atoms with Gasteiger partial charge in [-0.15, -0.1) is 11.3 Å². The minimum atomic E-state index is -0.713. The lowest BCUT2D eigenvalue weighted by Crippen LogP contribution is -2.12. The van der Waals surface area contributed by atoms with Crippen LogP contribution in [-0.4, -0.2) is 16.5 Å². The van der Waals surface area contributed by atoms with E-state index in [0.29, 0.717) is 6.54 Å². The summed E-state index contributed by atoms with van der Waals surface area (Å²) in [5, 5.41) is 8.54. The third-order valence-electron chi connectivity index (χ3n) is 2.83. The third-order valence-corrected chi connectivity index (χ3v) is 3.98. The topological polar surface area (TPSA) is 49.8 Å². The van der Waals surface area contributed by atoms with Crippen LogP contribution in [0.25, 0.3) is 0 Å². The lowest BCUT2D eigenvalue weighted by Gasteiger charge is -2.14. The van der Waals surface area contributed by atoms with Gasteiger partial charge in [-0.1, -0.05) is 6.92 Å². The van der Waals surface area contributed by atoms with Crippen molar-refractivity contribution in [1.82, 2.24) is 9.97 Å². The number of pyridine rings is 1. The van der Waals surface area contributed by atoms with Gasteiger partial charge in [0.15, 0.2) is 23.3 Å². The van der Waals surface area contributed by atoms with Crippen LogP contribution in [0.2, 0.25) is 0 Å². The van der Waals surface area contributed by atoms with Gasteiger partial charge >= 0.3 is 0 Å². The molecule has 0 saturated heterocycles. The minimum absolute atomic E-state index is 0.0235. The second-order valence-electron chi connectivity index (χ2n) is 4.77. The Kier molecular flexibility index (Phi) is 5.06. The molecule has 0 radical (unpaired) electrons. The summed E-state index contributed by atoms with van der Waals surface area (Å²) in [6, 6.07) is 0.642. The molecule has 0 fully saturated rings. The third kappa shape index (κ3) is 3.87. The molecule has 2 aromatic rings. The maximum Gasteiger partial charge on any atom is 0.168 e. The number of thiazole rings is 1. The lowest BCUT2D eigenvalue weighted by atomic mass is 10.3. The number of halogens is 2. The van der Waals surface area contributed by atoms with Crippen LogP contribution in [0.4, 0.5) is 20.4 Å². The first-order valence-electron chi connectivity index (χ1n) is 6.79. The highest BCUT2D eigenvalue weighted by molar-refractivity contribution is 7.09. The summed E-state index contributed by atoms with van der Waals surface area (Å²) >= 11 is 1.49. The van der Waals surface area contributed by atoms with E-state index in [0.717, 1.165) is 23.2 Å². The van der Waals surface area contributed by atoms with E-state index in [4.69, 9.17) is 0 Å². The van der Waals surface area contributed by atoms with E-state index >= 15 is 0 Å². The fraction of sp³-hybridized carbons (Fsp3) is 0.429. The monoisotopic (exact) mass is 312 g/mol. The van der Waals surface area contributed by atoms with E-state index in [1.165, 1.54) is 11.3 Å². The normalized spacial score (nSPS) is 12.2. The summed E-state index contributed by atoms with van der Waals surface area (Å²) in [6.45, 7) is 6.30. The maximum atomic E-state index is 13.8. The molecule has 114 valence electrons. The smallest absolute Gasteiger partial charge is 0.168 e. The van der Waals surface area contributed by atoms with Crippen LogP contribution in [0.1, 0.15) is 37.0 Å². The summed E-state index contributed by atoms with van der Waals surface area (Å²) in [5.41, 5.74) is 0.918. The second-order valence-corrected chi connectivity index (χ2v) is 5.66. The summed E-state index contributed by atoms with van der Waals surface area (Å²) in [4.78, 5) is 8.33. The number of aryl methyl sites for hydroxylation is 1. The van der Waals surface area contributed by atoms with Gasteiger partial charge in [0.05, 0.1) is 6.04 Å². The van der Waals surface area contributed by atoms with Crippen LogP contribution in [0.5, 0.6) is 0 Å². The first-order valence-corrected chi connectivity index (χ1v) is 7.67. The van der Waals surface area contributed by atoms with Crippen LogP contribution in [0, 0.1) is 18.6 Å². The SMILES string of the molecule is CCCNc1nc(NC(C)c2nc(C)cs2)c(F)cc1F. The van der Waals surface area contributed by atoms with Gasteiger partial charge in [-0.25, -0.2) is 18.7 Å². The van der Waals surface area contributed by atoms with Crippen molar-refractivity contribution in [1.29, 1.82) is 0 Å². The van der Waals surface area contributed by atoms with Crippen molar-refractivity contribution >= 4 is 23.0 Å². The highest BCUT2D eigenvalue weighted by Gasteiger charge is 2.16. The number of nitrogens with one attached hydrogen (secondary N) is 2. The number of hydrogen-bond donors (Lipinski definition) is 2. The van der Waals surface area contributed by atoms with Crippen molar-refractivity contribution < 1.29 is 8.78 Å². The summed E-state index contributed by atoms with van der Waals surface area (Å²) in [7, 11) is 0. The van der Waals surface area contributed by atoms with Gasteiger partial charge in [0.1, 0.15) is 5.01 Å². The number of rotatable bonds is 6. The highest BCUT2D eigenvalue weighted by Crippen LogP contribution is 2.25. The molecule has 0 spiro atoms. The second kappa shape index (κ2) is 6.80. The first-order chi connectivity index (χ1) is 10.0. The van der Waals surface area contributed by atoms with Crippen molar-refractivity contribution in [3.63, 3.8) is 0 Å². The van der Waals surface area contributed by atoms with Crippen LogP contribution < -0.4 is 10.6 Å². The van der Waals surface area contributed by atoms with Crippen LogP contribution in [0.15, 0.2) is 11.4 Å². The molecule has 0 amide bonds. The predicted molar refractivity (Wildman–Crippen MR) is 81.8 cm³/mol. The number of aromatic nitrogens is 2. The van der Waals surface area contributed by atoms with Gasteiger partial charge in [-0.2, -0.15) is 0 Å². The molecule has 7 heteroatoms. The van der Waals surface area contributed by atoms with Gasteiger partial charge < -0.3 is 10.6 Å². The first kappa shape index (κ1) is 15.6. The van der Waals surface area contributed by atoms with Gasteiger partial charge in [0, 0.05) is 23.7 Å². The molecule has 0 aromatic carbocycles. The van der Waals surface area contributed by atoms with E-state index < -0.39 is 11.6 Å². The van der Waals surface area contributed by atoms with Crippen molar-refractivity contribution in [3.8, 4) is 0 Å². The number of anilines is 2. The molecule has 2 rings (SSSR count). The number of nitrogens with zero attached hydrogens (tertiary/aromatic N) is 2. The fourth-order valence-electron chi connectivity index (χ4n) is 1.77. The molecule has 1 unspecified atom stereocenters. The van der Waals surface area contributed by atoms with Gasteiger partial charge in [0.2, 0.25) is 0 Å². The molecule has 4 nitrogen and oxygen atoms in total. The molecule has 21 heavy (non-hydrogen) atoms. The zero-order valence-electron chi connectivity index (χ0n) is 12.2. The molecule has 1 atom stereocenters. The molecule has 2 aromatic heterocycles. The van der Waals surface area contributed by atoms with Crippen LogP contribution in [-0.2, 0) is 0 Å². The zero-order valence-corrected chi connectivity index (χ0v) is 13.0. The Morgan fingerprint density at radius 1 is 1.24 bits per heavy atom. The molecule has 0 aliphatic rings. The van der Waals surface area contributed by atoms with Gasteiger partial charge in [-0.05, 0) is 20.3 Å². The van der Waals surface area contributed by atoms with Gasteiger partial charge in [-0.3, -0.25) is 0 Å². The standard InChI is InChI=1S/C14H18F2N4S/c1-4-5-17-12-10(15)6-11(16)13(20-12)19-9(3)14-18-8(2)7-21-14/h6-7,9H,4-5H2,1-3H3,(H2,17,19,20). The summed E-state index contributed by atoms with van der Waals surface area (Å²) < 4.78 is 27.4. The molecule has 2 heterocycles. The molecule has 0 aliphatic heterocycles. The number of hydrogen-bond acceptors (Lipinski definition) is 5. The predicted octanol–water partition coefficient (Wildman–Crippen LogP) is 4.12. The Morgan fingerprint density at radius 2 is 1.95 bits per heavy atom. The summed E-state index contributed by atoms with van der Waals surface area (Å²) in [5.74, 6) is -1.32. The average Bonchev–Trinajstić information content (AvgIpc) is 2.87. The average molecular weight is 312 g/mol. The van der Waals surface area contributed by atoms with E-state index in [1.54, 1.807) is 0 Å². The molecular formula is C14H18F2N4S. The van der Waals surface area contributed by atoms with Crippen molar-refractivity contribution in [3.05, 3.63) is 33.8 Å². The highest BCUT2D eigenvalue weighted by atomic mass is 32.1. The Hall–Kier alpha value is -1.76. The van der Waals surface area contributed by atoms with Gasteiger partial charge in [0.25, 0.3) is 0 Å². The van der Waals surface area contributed by atoms with E-state index in [2.05, 4.69) is 20.6 Å². The Bertz CT molecular complexity index is 615. The van der Waals surface area contributed by atoms with E-state index in [-0.39, 0.29) is 17.7 Å². The van der Waals surface area contributed by atoms with Crippen LogP contribution >= 0.6 is 11.3 Å². The lowest BCUT2D eigenvalue weighted by molar-refractivity contribution is 0.576. The van der Waals surface area contributed by atoms with Crippen molar-refractivity contribution in [2.24, 2.45) is 0 Å². The Morgan fingerprint density at radius 3 is 2.57 bits per heavy atom. The van der Waals surface area contributed by atoms with Crippen LogP contribution in [0.3, 0.4) is 0 Å². The Labute approximate surface area is 126 Å². The van der Waals surface area contributed by atoms with Crippen molar-refractivity contribution in [2.75, 3.05) is 17.2 Å². The summed E-state index contributed by atoms with van der Waals surface area (Å²) in [6.07, 6.45) is 0.829. The quantitative estimate of drug-likeness (QED) is 0.842. The molecule has 0 aliphatic carbocycles. The van der Waals surface area contributed by atoms with E-state index in [1.807, 2.05) is 26.2 Å². The molecule has 0 saturated carbocycles. The Balaban J connectivity index is 2.18. The largest absolute Gasteiger partial charge is 0.368 e. The maximum absolute atomic E-state index is 13.8. The van der Waals surface area contributed by atoms with Crippen molar-refractivity contribution in [2.45, 2.75) is 33.2 Å². The molecule has 2 N–H and O–H groups in total. The minimum Gasteiger partial charge on any atom is -0.368 e. The van der Waals surface area contributed by atoms with E-state index in [9.17, 15) is 8.78 Å². The molecular weight excluding hydrogens is 294 g/mol. The zero-order chi connectivity index (χ0) is 15.4. The molecule has 0 bridgehead atoms. The fourth-order valence-corrected chi connectivity index (χ4v) is 2.58.